The summed E-state index contributed by atoms with van der Waals surface area (Å²) in [5.74, 6) is 2.06. The molecule has 0 N–H and O–H groups in total. The smallest absolute Gasteiger partial charge is 0.242 e. The number of aryl methyl sites for hydroxylation is 1. The van der Waals surface area contributed by atoms with Crippen molar-refractivity contribution in [1.82, 2.24) is 9.97 Å². The van der Waals surface area contributed by atoms with E-state index in [-0.39, 0.29) is 5.56 Å². The number of hydrogen-bond donors (Lipinski definition) is 0. The third kappa shape index (κ3) is 5.84. The van der Waals surface area contributed by atoms with E-state index in [0.29, 0.717) is 39.9 Å². The van der Waals surface area contributed by atoms with Crippen molar-refractivity contribution in [2.45, 2.75) is 12.3 Å². The maximum Gasteiger partial charge on any atom is 0.242 e. The monoisotopic (exact) mass is 823 g/mol. The van der Waals surface area contributed by atoms with Gasteiger partial charge in [-0.3, -0.25) is 4.98 Å². The summed E-state index contributed by atoms with van der Waals surface area (Å²) in [7, 11) is 0. The number of hydrogen-bond acceptors (Lipinski definition) is 4. The fourth-order valence-electron chi connectivity index (χ4n) is 9.97. The standard InChI is InChI=1S/C60H40N2O2/c1-39-30-35-50-57(64-59-58(61-36-37-62-59)60(50)48-26-14-16-28-51(48)63-52-29-17-15-27-49(52)60)53(39)44-31-33-45(34-32-44)56-54(42-22-10-4-11-23-42)46(40-18-6-2-7-19-40)38-47(41-20-8-3-9-21-41)55(56)43-24-12-5-13-25-43/h2-38H,1H3/i1D3. The van der Waals surface area contributed by atoms with Gasteiger partial charge in [0.05, 0.1) is 0 Å². The van der Waals surface area contributed by atoms with Crippen LogP contribution in [-0.2, 0) is 5.41 Å². The number of nitrogens with zero attached hydrogens (tertiary/aromatic N) is 2. The highest BCUT2D eigenvalue weighted by atomic mass is 16.5. The Morgan fingerprint density at radius 1 is 0.391 bits per heavy atom. The van der Waals surface area contributed by atoms with Gasteiger partial charge in [-0.15, -0.1) is 0 Å². The van der Waals surface area contributed by atoms with Gasteiger partial charge in [0.2, 0.25) is 5.88 Å². The minimum Gasteiger partial charge on any atom is -0.457 e. The first-order chi connectivity index (χ1) is 32.9. The molecule has 0 atom stereocenters. The van der Waals surface area contributed by atoms with Gasteiger partial charge >= 0.3 is 0 Å². The van der Waals surface area contributed by atoms with Crippen LogP contribution in [0.1, 0.15) is 32.1 Å². The summed E-state index contributed by atoms with van der Waals surface area (Å²) in [6.45, 7) is -2.50. The highest BCUT2D eigenvalue weighted by Gasteiger charge is 2.53. The minimum atomic E-state index is -2.50. The Labute approximate surface area is 377 Å². The number of para-hydroxylation sites is 2. The van der Waals surface area contributed by atoms with Gasteiger partial charge < -0.3 is 9.47 Å². The van der Waals surface area contributed by atoms with Crippen LogP contribution in [0.25, 0.3) is 66.8 Å². The molecule has 64 heavy (non-hydrogen) atoms. The summed E-state index contributed by atoms with van der Waals surface area (Å²) in [5.41, 5.74) is 14.1. The maximum atomic E-state index is 8.96. The first-order valence-corrected chi connectivity index (χ1v) is 21.5. The predicted molar refractivity (Wildman–Crippen MR) is 258 cm³/mol. The minimum absolute atomic E-state index is 0.169. The second-order valence-electron chi connectivity index (χ2n) is 16.2. The summed E-state index contributed by atoms with van der Waals surface area (Å²) in [6, 6.07) is 72.5. The molecular weight excluding hydrogens is 781 g/mol. The first-order valence-electron chi connectivity index (χ1n) is 23.0. The molecule has 4 nitrogen and oxygen atoms in total. The van der Waals surface area contributed by atoms with E-state index in [0.717, 1.165) is 72.3 Å². The Hall–Kier alpha value is -8.34. The van der Waals surface area contributed by atoms with Crippen LogP contribution >= 0.6 is 0 Å². The van der Waals surface area contributed by atoms with Crippen molar-refractivity contribution < 1.29 is 13.6 Å². The van der Waals surface area contributed by atoms with Crippen molar-refractivity contribution in [2.75, 3.05) is 0 Å². The fraction of sp³-hybridized carbons (Fsp3) is 0.0333. The van der Waals surface area contributed by atoms with Crippen LogP contribution in [0.4, 0.5) is 0 Å². The molecule has 1 aromatic heterocycles. The Balaban J connectivity index is 1.15. The van der Waals surface area contributed by atoms with Crippen LogP contribution < -0.4 is 9.47 Å². The van der Waals surface area contributed by atoms with Crippen molar-refractivity contribution in [2.24, 2.45) is 0 Å². The van der Waals surface area contributed by atoms with E-state index in [4.69, 9.17) is 23.6 Å². The molecule has 0 unspecified atom stereocenters. The topological polar surface area (TPSA) is 44.2 Å². The Kier molecular flexibility index (Phi) is 8.15. The summed E-state index contributed by atoms with van der Waals surface area (Å²) >= 11 is 0. The van der Waals surface area contributed by atoms with E-state index in [1.54, 1.807) is 18.5 Å². The molecule has 0 saturated carbocycles. The molecule has 12 rings (SSSR count). The van der Waals surface area contributed by atoms with E-state index in [1.807, 2.05) is 91.0 Å². The van der Waals surface area contributed by atoms with E-state index in [1.165, 1.54) is 0 Å². The van der Waals surface area contributed by atoms with Gasteiger partial charge in [-0.25, -0.2) is 4.98 Å². The Morgan fingerprint density at radius 2 is 0.844 bits per heavy atom. The van der Waals surface area contributed by atoms with Crippen LogP contribution in [0.15, 0.2) is 225 Å². The van der Waals surface area contributed by atoms with Crippen LogP contribution in [0.5, 0.6) is 23.1 Å². The molecule has 0 aliphatic carbocycles. The lowest BCUT2D eigenvalue weighted by atomic mass is 9.64. The molecule has 0 saturated heterocycles. The van der Waals surface area contributed by atoms with E-state index < -0.39 is 12.3 Å². The highest BCUT2D eigenvalue weighted by molar-refractivity contribution is 6.07. The van der Waals surface area contributed by atoms with E-state index in [9.17, 15) is 0 Å². The van der Waals surface area contributed by atoms with Crippen molar-refractivity contribution in [3.05, 3.63) is 253 Å². The number of rotatable bonds is 6. The van der Waals surface area contributed by atoms with Crippen LogP contribution in [0.3, 0.4) is 0 Å². The predicted octanol–water partition coefficient (Wildman–Crippen LogP) is 15.4. The number of ether oxygens (including phenoxy) is 2. The normalized spacial score (nSPS) is 13.7. The molecular formula is C60H40N2O2. The van der Waals surface area contributed by atoms with Gasteiger partial charge in [0, 0.05) is 38.8 Å². The van der Waals surface area contributed by atoms with Gasteiger partial charge in [0.25, 0.3) is 0 Å². The third-order valence-electron chi connectivity index (χ3n) is 12.7. The Bertz CT molecular complexity index is 3320. The van der Waals surface area contributed by atoms with Crippen LogP contribution in [0.2, 0.25) is 0 Å². The summed E-state index contributed by atoms with van der Waals surface area (Å²) in [6.07, 6.45) is 3.29. The molecule has 0 fully saturated rings. The molecule has 3 heterocycles. The summed E-state index contributed by atoms with van der Waals surface area (Å²) in [5, 5.41) is 0. The molecule has 2 aliphatic rings. The zero-order chi connectivity index (χ0) is 45.1. The lowest BCUT2D eigenvalue weighted by Crippen LogP contribution is -2.38. The van der Waals surface area contributed by atoms with Crippen molar-refractivity contribution in [3.8, 4) is 89.9 Å². The van der Waals surface area contributed by atoms with Crippen LogP contribution in [0, 0.1) is 6.85 Å². The number of aromatic nitrogens is 2. The van der Waals surface area contributed by atoms with E-state index >= 15 is 0 Å². The zero-order valence-corrected chi connectivity index (χ0v) is 34.6. The van der Waals surface area contributed by atoms with Gasteiger partial charge in [0.1, 0.15) is 28.4 Å². The molecule has 0 radical (unpaired) electrons. The molecule has 0 bridgehead atoms. The lowest BCUT2D eigenvalue weighted by Gasteiger charge is -2.43. The van der Waals surface area contributed by atoms with Crippen LogP contribution in [-0.4, -0.2) is 9.97 Å². The quantitative estimate of drug-likeness (QED) is 0.168. The van der Waals surface area contributed by atoms with Crippen molar-refractivity contribution in [1.29, 1.82) is 0 Å². The van der Waals surface area contributed by atoms with Gasteiger partial charge in [-0.1, -0.05) is 194 Å². The highest BCUT2D eigenvalue weighted by Crippen LogP contribution is 2.62. The lowest BCUT2D eigenvalue weighted by molar-refractivity contribution is 0.384. The van der Waals surface area contributed by atoms with Gasteiger partial charge in [0.15, 0.2) is 0 Å². The van der Waals surface area contributed by atoms with Gasteiger partial charge in [-0.05, 0) is 91.8 Å². The second kappa shape index (κ2) is 15.2. The molecule has 1 spiro atoms. The van der Waals surface area contributed by atoms with E-state index in [2.05, 4.69) is 115 Å². The Morgan fingerprint density at radius 3 is 1.38 bits per heavy atom. The molecule has 2 aliphatic heterocycles. The summed E-state index contributed by atoms with van der Waals surface area (Å²) in [4.78, 5) is 9.75. The third-order valence-corrected chi connectivity index (χ3v) is 12.7. The molecule has 9 aromatic carbocycles. The SMILES string of the molecule is [2H]C([2H])([2H])c1ccc2c(c1-c1ccc(-c3c(-c4ccccc4)c(-c4ccccc4)cc(-c4ccccc4)c3-c3ccccc3)cc1)Oc1nccnc1C21c2ccccc2Oc2ccccc21. The average Bonchev–Trinajstić information content (AvgIpc) is 3.38. The fourth-order valence-corrected chi connectivity index (χ4v) is 9.97. The number of fused-ring (bicyclic) bond motifs is 8. The molecule has 0 amide bonds. The van der Waals surface area contributed by atoms with Crippen molar-refractivity contribution in [3.63, 3.8) is 0 Å². The largest absolute Gasteiger partial charge is 0.457 e. The number of benzene rings is 9. The molecule has 4 heteroatoms. The second-order valence-corrected chi connectivity index (χ2v) is 16.2. The maximum absolute atomic E-state index is 8.96. The van der Waals surface area contributed by atoms with Gasteiger partial charge in [-0.2, -0.15) is 0 Å². The summed E-state index contributed by atoms with van der Waals surface area (Å²) < 4.78 is 40.3. The van der Waals surface area contributed by atoms with Crippen molar-refractivity contribution >= 4 is 0 Å². The average molecular weight is 824 g/mol. The first kappa shape index (κ1) is 34.3. The zero-order valence-electron chi connectivity index (χ0n) is 37.6. The molecule has 10 aromatic rings. The molecule has 302 valence electrons.